The van der Waals surface area contributed by atoms with E-state index in [0.717, 1.165) is 43.8 Å². The molecular formula is C17H17N3OS. The van der Waals surface area contributed by atoms with Crippen LogP contribution in [-0.2, 0) is 0 Å². The fourth-order valence-electron chi connectivity index (χ4n) is 2.97. The predicted octanol–water partition coefficient (Wildman–Crippen LogP) is 3.64. The van der Waals surface area contributed by atoms with Gasteiger partial charge in [-0.1, -0.05) is 6.07 Å². The number of aryl methyl sites for hydroxylation is 1. The Morgan fingerprint density at radius 2 is 2.14 bits per heavy atom. The van der Waals surface area contributed by atoms with Gasteiger partial charge in [-0.2, -0.15) is 0 Å². The zero-order valence-corrected chi connectivity index (χ0v) is 13.6. The van der Waals surface area contributed by atoms with Crippen LogP contribution in [0, 0.1) is 6.92 Å². The Balaban J connectivity index is 2.07. The Bertz CT molecular complexity index is 915. The SMILES string of the molecule is Cc1ccc2c(ccc3sc4c(c32)NCC(C)N(C)C4=O)n1. The van der Waals surface area contributed by atoms with Crippen LogP contribution in [0.25, 0.3) is 21.0 Å². The number of aromatic nitrogens is 1. The molecule has 3 heterocycles. The molecule has 2 aromatic heterocycles. The van der Waals surface area contributed by atoms with Gasteiger partial charge in [0, 0.05) is 40.8 Å². The number of carbonyl (C=O) groups is 1. The van der Waals surface area contributed by atoms with Crippen LogP contribution in [0.3, 0.4) is 0 Å². The second kappa shape index (κ2) is 4.68. The summed E-state index contributed by atoms with van der Waals surface area (Å²) in [6, 6.07) is 8.42. The summed E-state index contributed by atoms with van der Waals surface area (Å²) >= 11 is 1.56. The molecule has 1 aliphatic heterocycles. The van der Waals surface area contributed by atoms with Crippen molar-refractivity contribution in [2.75, 3.05) is 18.9 Å². The van der Waals surface area contributed by atoms with Gasteiger partial charge in [-0.05, 0) is 32.0 Å². The molecule has 3 aromatic rings. The average Bonchev–Trinajstić information content (AvgIpc) is 2.85. The lowest BCUT2D eigenvalue weighted by Gasteiger charge is -2.21. The van der Waals surface area contributed by atoms with Crippen molar-refractivity contribution in [3.8, 4) is 0 Å². The normalized spacial score (nSPS) is 18.4. The summed E-state index contributed by atoms with van der Waals surface area (Å²) < 4.78 is 1.13. The zero-order valence-electron chi connectivity index (χ0n) is 12.8. The first-order valence-corrected chi connectivity index (χ1v) is 8.22. The monoisotopic (exact) mass is 311 g/mol. The number of thiophene rings is 1. The molecule has 0 saturated carbocycles. The highest BCUT2D eigenvalue weighted by atomic mass is 32.1. The number of nitrogens with one attached hydrogen (secondary N) is 1. The van der Waals surface area contributed by atoms with E-state index in [0.29, 0.717) is 0 Å². The van der Waals surface area contributed by atoms with Gasteiger partial charge in [-0.3, -0.25) is 9.78 Å². The van der Waals surface area contributed by atoms with Gasteiger partial charge >= 0.3 is 0 Å². The van der Waals surface area contributed by atoms with E-state index in [9.17, 15) is 4.79 Å². The third-order valence-corrected chi connectivity index (χ3v) is 5.55. The maximum Gasteiger partial charge on any atom is 0.266 e. The van der Waals surface area contributed by atoms with Crippen molar-refractivity contribution in [3.63, 3.8) is 0 Å². The van der Waals surface area contributed by atoms with Crippen molar-refractivity contribution in [2.24, 2.45) is 0 Å². The maximum atomic E-state index is 12.7. The number of benzene rings is 1. The molecule has 4 rings (SSSR count). The minimum Gasteiger partial charge on any atom is -0.381 e. The molecule has 0 spiro atoms. The number of hydrogen-bond acceptors (Lipinski definition) is 4. The molecule has 1 amide bonds. The Kier molecular flexibility index (Phi) is 2.87. The minimum absolute atomic E-state index is 0.0990. The van der Waals surface area contributed by atoms with Crippen molar-refractivity contribution in [2.45, 2.75) is 19.9 Å². The molecule has 4 nitrogen and oxygen atoms in total. The largest absolute Gasteiger partial charge is 0.381 e. The number of carbonyl (C=O) groups excluding carboxylic acids is 1. The maximum absolute atomic E-state index is 12.7. The van der Waals surface area contributed by atoms with Crippen molar-refractivity contribution >= 4 is 43.9 Å². The molecule has 0 fully saturated rings. The molecule has 0 bridgehead atoms. The van der Waals surface area contributed by atoms with Crippen LogP contribution in [-0.4, -0.2) is 35.4 Å². The van der Waals surface area contributed by atoms with Gasteiger partial charge in [0.15, 0.2) is 0 Å². The summed E-state index contributed by atoms with van der Waals surface area (Å²) in [6.07, 6.45) is 0. The van der Waals surface area contributed by atoms with E-state index in [4.69, 9.17) is 0 Å². The van der Waals surface area contributed by atoms with Gasteiger partial charge < -0.3 is 10.2 Å². The van der Waals surface area contributed by atoms with Crippen LogP contribution in [0.15, 0.2) is 24.3 Å². The molecule has 0 saturated heterocycles. The van der Waals surface area contributed by atoms with Crippen LogP contribution in [0.4, 0.5) is 5.69 Å². The van der Waals surface area contributed by atoms with Gasteiger partial charge in [-0.25, -0.2) is 0 Å². The molecule has 1 aliphatic rings. The highest BCUT2D eigenvalue weighted by molar-refractivity contribution is 7.21. The fraction of sp³-hybridized carbons (Fsp3) is 0.294. The molecule has 112 valence electrons. The quantitative estimate of drug-likeness (QED) is 0.689. The van der Waals surface area contributed by atoms with E-state index in [2.05, 4.69) is 29.4 Å². The number of pyridine rings is 1. The molecule has 5 heteroatoms. The van der Waals surface area contributed by atoms with Crippen LogP contribution >= 0.6 is 11.3 Å². The molecule has 0 radical (unpaired) electrons. The highest BCUT2D eigenvalue weighted by Gasteiger charge is 2.28. The average molecular weight is 311 g/mol. The summed E-state index contributed by atoms with van der Waals surface area (Å²) in [6.45, 7) is 4.82. The standard InChI is InChI=1S/C17H17N3OS/c1-9-4-5-11-12(19-9)6-7-13-14(11)15-16(22-13)17(21)20(3)10(2)8-18-15/h4-7,10,18H,8H2,1-3H3. The second-order valence-corrected chi connectivity index (χ2v) is 6.96. The van der Waals surface area contributed by atoms with Gasteiger partial charge in [0.2, 0.25) is 0 Å². The first-order valence-electron chi connectivity index (χ1n) is 7.40. The molecule has 1 unspecified atom stereocenters. The lowest BCUT2D eigenvalue weighted by Crippen LogP contribution is -2.36. The summed E-state index contributed by atoms with van der Waals surface area (Å²) in [4.78, 5) is 19.9. The smallest absolute Gasteiger partial charge is 0.266 e. The summed E-state index contributed by atoms with van der Waals surface area (Å²) in [5.74, 6) is 0.0990. The number of rotatable bonds is 0. The molecular weight excluding hydrogens is 294 g/mol. The number of fused-ring (bicyclic) bond motifs is 5. The summed E-state index contributed by atoms with van der Waals surface area (Å²) in [5.41, 5.74) is 2.95. The number of amides is 1. The van der Waals surface area contributed by atoms with E-state index in [1.54, 1.807) is 11.3 Å². The number of nitrogens with zero attached hydrogens (tertiary/aromatic N) is 2. The van der Waals surface area contributed by atoms with E-state index < -0.39 is 0 Å². The first-order chi connectivity index (χ1) is 10.6. The van der Waals surface area contributed by atoms with E-state index in [1.807, 2.05) is 31.0 Å². The lowest BCUT2D eigenvalue weighted by molar-refractivity contribution is 0.0762. The van der Waals surface area contributed by atoms with Crippen LogP contribution < -0.4 is 5.32 Å². The topological polar surface area (TPSA) is 45.2 Å². The fourth-order valence-corrected chi connectivity index (χ4v) is 4.15. The Morgan fingerprint density at radius 1 is 1.32 bits per heavy atom. The van der Waals surface area contributed by atoms with Crippen molar-refractivity contribution in [1.82, 2.24) is 9.88 Å². The minimum atomic E-state index is 0.0990. The van der Waals surface area contributed by atoms with Crippen LogP contribution in [0.1, 0.15) is 22.3 Å². The van der Waals surface area contributed by atoms with E-state index in [1.165, 1.54) is 0 Å². The highest BCUT2D eigenvalue weighted by Crippen LogP contribution is 2.41. The van der Waals surface area contributed by atoms with Gasteiger partial charge in [0.25, 0.3) is 5.91 Å². The third kappa shape index (κ3) is 1.82. The summed E-state index contributed by atoms with van der Waals surface area (Å²) in [5, 5.41) is 5.72. The zero-order chi connectivity index (χ0) is 15.4. The van der Waals surface area contributed by atoms with E-state index >= 15 is 0 Å². The molecule has 1 aromatic carbocycles. The first kappa shape index (κ1) is 13.5. The number of hydrogen-bond donors (Lipinski definition) is 1. The molecule has 22 heavy (non-hydrogen) atoms. The van der Waals surface area contributed by atoms with Crippen molar-refractivity contribution in [3.05, 3.63) is 34.8 Å². The molecule has 0 aliphatic carbocycles. The van der Waals surface area contributed by atoms with Crippen LogP contribution in [0.2, 0.25) is 0 Å². The number of likely N-dealkylation sites (N-methyl/N-ethyl adjacent to an activating group) is 1. The summed E-state index contributed by atoms with van der Waals surface area (Å²) in [7, 11) is 1.87. The molecule has 1 atom stereocenters. The number of anilines is 1. The lowest BCUT2D eigenvalue weighted by atomic mass is 10.1. The Morgan fingerprint density at radius 3 is 2.95 bits per heavy atom. The van der Waals surface area contributed by atoms with Crippen molar-refractivity contribution in [1.29, 1.82) is 0 Å². The van der Waals surface area contributed by atoms with Gasteiger partial charge in [-0.15, -0.1) is 11.3 Å². The van der Waals surface area contributed by atoms with Gasteiger partial charge in [0.05, 0.1) is 11.2 Å². The third-order valence-electron chi connectivity index (χ3n) is 4.41. The Hall–Kier alpha value is -2.14. The Labute approximate surface area is 132 Å². The van der Waals surface area contributed by atoms with Crippen molar-refractivity contribution < 1.29 is 4.79 Å². The van der Waals surface area contributed by atoms with Gasteiger partial charge in [0.1, 0.15) is 4.88 Å². The molecule has 1 N–H and O–H groups in total. The van der Waals surface area contributed by atoms with Crippen LogP contribution in [0.5, 0.6) is 0 Å². The second-order valence-electron chi connectivity index (χ2n) is 5.91. The van der Waals surface area contributed by atoms with E-state index in [-0.39, 0.29) is 11.9 Å². The predicted molar refractivity (Wildman–Crippen MR) is 91.9 cm³/mol.